The number of aryl methyl sites for hydroxylation is 1. The number of thioether (sulfide) groups is 1. The lowest BCUT2D eigenvalue weighted by Crippen LogP contribution is -2.25. The van der Waals surface area contributed by atoms with Gasteiger partial charge in [-0.2, -0.15) is 17.9 Å². The molecule has 0 saturated carbocycles. The van der Waals surface area contributed by atoms with E-state index in [1.165, 1.54) is 35.6 Å². The van der Waals surface area contributed by atoms with Gasteiger partial charge in [-0.1, -0.05) is 30.3 Å². The first kappa shape index (κ1) is 28.0. The predicted molar refractivity (Wildman–Crippen MR) is 141 cm³/mol. The van der Waals surface area contributed by atoms with Gasteiger partial charge in [0, 0.05) is 11.9 Å². The maximum atomic E-state index is 13.1. The maximum Gasteiger partial charge on any atom is 0.416 e. The third-order valence-corrected chi connectivity index (χ3v) is 7.27. The van der Waals surface area contributed by atoms with Gasteiger partial charge < -0.3 is 9.47 Å². The molecule has 4 rings (SSSR count). The minimum Gasteiger partial charge on any atom is -0.479 e. The fourth-order valence-corrected chi connectivity index (χ4v) is 5.17. The van der Waals surface area contributed by atoms with Crippen LogP contribution >= 0.6 is 11.8 Å². The van der Waals surface area contributed by atoms with E-state index < -0.39 is 34.8 Å². The number of halogens is 3. The van der Waals surface area contributed by atoms with Gasteiger partial charge in [-0.05, 0) is 67.4 Å². The first-order valence-corrected chi connectivity index (χ1v) is 12.8. The molecule has 0 fully saturated rings. The standard InChI is InChI=1S/C28H26F3N3O4S/c1-17-16-22(14-15-23(17)38-18(2)26(35)37-4)39-24(19-8-6-5-7-9-19)25-32-34(27(36)33(25)3)21-12-10-20(11-13-21)28(29,30)31/h5-16,18,24H,1-4H3. The largest absolute Gasteiger partial charge is 0.479 e. The number of hydrogen-bond donors (Lipinski definition) is 0. The van der Waals surface area contributed by atoms with Crippen LogP contribution in [0.25, 0.3) is 5.69 Å². The number of alkyl halides is 3. The Labute approximate surface area is 227 Å². The summed E-state index contributed by atoms with van der Waals surface area (Å²) in [6.45, 7) is 3.46. The Hall–Kier alpha value is -3.99. The van der Waals surface area contributed by atoms with E-state index >= 15 is 0 Å². The van der Waals surface area contributed by atoms with Gasteiger partial charge in [-0.3, -0.25) is 4.57 Å². The second-order valence-corrected chi connectivity index (χ2v) is 9.95. The van der Waals surface area contributed by atoms with Gasteiger partial charge in [-0.15, -0.1) is 16.9 Å². The van der Waals surface area contributed by atoms with Crippen molar-refractivity contribution in [2.75, 3.05) is 7.11 Å². The monoisotopic (exact) mass is 557 g/mol. The van der Waals surface area contributed by atoms with Crippen LogP contribution in [0, 0.1) is 6.92 Å². The van der Waals surface area contributed by atoms with E-state index in [-0.39, 0.29) is 5.69 Å². The van der Waals surface area contributed by atoms with Crippen molar-refractivity contribution < 1.29 is 27.4 Å². The van der Waals surface area contributed by atoms with Gasteiger partial charge >= 0.3 is 17.8 Å². The Balaban J connectivity index is 1.69. The summed E-state index contributed by atoms with van der Waals surface area (Å²) >= 11 is 1.45. The Kier molecular flexibility index (Phi) is 8.19. The molecule has 39 heavy (non-hydrogen) atoms. The van der Waals surface area contributed by atoms with Crippen LogP contribution < -0.4 is 10.4 Å². The molecule has 0 amide bonds. The van der Waals surface area contributed by atoms with Crippen molar-refractivity contribution in [1.82, 2.24) is 14.3 Å². The molecule has 0 aliphatic rings. The fourth-order valence-electron chi connectivity index (χ4n) is 3.91. The van der Waals surface area contributed by atoms with Crippen LogP contribution in [0.5, 0.6) is 5.75 Å². The first-order chi connectivity index (χ1) is 18.5. The molecule has 0 aliphatic carbocycles. The number of rotatable bonds is 8. The van der Waals surface area contributed by atoms with Crippen LogP contribution in [0.4, 0.5) is 13.2 Å². The minimum absolute atomic E-state index is 0.226. The number of ether oxygens (including phenoxy) is 2. The third-order valence-electron chi connectivity index (χ3n) is 6.03. The molecule has 1 aromatic heterocycles. The third kappa shape index (κ3) is 6.19. The summed E-state index contributed by atoms with van der Waals surface area (Å²) in [5, 5.41) is 4.12. The number of esters is 1. The summed E-state index contributed by atoms with van der Waals surface area (Å²) in [6.07, 6.45) is -5.25. The number of methoxy groups -OCH3 is 1. The van der Waals surface area contributed by atoms with E-state index in [2.05, 4.69) is 5.10 Å². The molecular formula is C28H26F3N3O4S. The zero-order valence-electron chi connectivity index (χ0n) is 21.6. The molecule has 4 aromatic rings. The number of carbonyl (C=O) groups excluding carboxylic acids is 1. The molecule has 0 bridgehead atoms. The molecule has 204 valence electrons. The van der Waals surface area contributed by atoms with E-state index in [0.29, 0.717) is 11.6 Å². The minimum atomic E-state index is -4.48. The smallest absolute Gasteiger partial charge is 0.416 e. The lowest BCUT2D eigenvalue weighted by atomic mass is 10.1. The highest BCUT2D eigenvalue weighted by Crippen LogP contribution is 2.40. The van der Waals surface area contributed by atoms with E-state index in [9.17, 15) is 22.8 Å². The summed E-state index contributed by atoms with van der Waals surface area (Å²) < 4.78 is 52.0. The number of benzene rings is 3. The normalized spacial score (nSPS) is 13.1. The molecule has 7 nitrogen and oxygen atoms in total. The van der Waals surface area contributed by atoms with E-state index in [4.69, 9.17) is 9.47 Å². The van der Waals surface area contributed by atoms with Crippen molar-refractivity contribution >= 4 is 17.7 Å². The van der Waals surface area contributed by atoms with Gasteiger partial charge in [0.05, 0.1) is 23.6 Å². The molecule has 0 saturated heterocycles. The summed E-state index contributed by atoms with van der Waals surface area (Å²) in [5.41, 5.74) is 0.614. The molecule has 1 heterocycles. The lowest BCUT2D eigenvalue weighted by Gasteiger charge is -2.18. The highest BCUT2D eigenvalue weighted by Gasteiger charge is 2.30. The zero-order chi connectivity index (χ0) is 28.3. The van der Waals surface area contributed by atoms with Gasteiger partial charge in [-0.25, -0.2) is 9.59 Å². The van der Waals surface area contributed by atoms with Crippen molar-refractivity contribution in [3.63, 3.8) is 0 Å². The summed E-state index contributed by atoms with van der Waals surface area (Å²) in [6, 6.07) is 19.3. The summed E-state index contributed by atoms with van der Waals surface area (Å²) in [5.74, 6) is 0.474. The predicted octanol–water partition coefficient (Wildman–Crippen LogP) is 5.72. The van der Waals surface area contributed by atoms with Crippen LogP contribution in [0.15, 0.2) is 82.5 Å². The van der Waals surface area contributed by atoms with Crippen molar-refractivity contribution in [2.24, 2.45) is 7.05 Å². The van der Waals surface area contributed by atoms with Crippen LogP contribution in [0.2, 0.25) is 0 Å². The summed E-state index contributed by atoms with van der Waals surface area (Å²) in [7, 11) is 2.88. The Morgan fingerprint density at radius 2 is 1.69 bits per heavy atom. The molecule has 2 unspecified atom stereocenters. The number of carbonyl (C=O) groups is 1. The fraction of sp³-hybridized carbons (Fsp3) is 0.250. The van der Waals surface area contributed by atoms with Crippen molar-refractivity contribution in [3.8, 4) is 11.4 Å². The van der Waals surface area contributed by atoms with E-state index in [1.54, 1.807) is 20.0 Å². The van der Waals surface area contributed by atoms with Gasteiger partial charge in [0.1, 0.15) is 5.75 Å². The second kappa shape index (κ2) is 11.4. The number of aromatic nitrogens is 3. The molecular weight excluding hydrogens is 531 g/mol. The van der Waals surface area contributed by atoms with Gasteiger partial charge in [0.2, 0.25) is 0 Å². The highest BCUT2D eigenvalue weighted by molar-refractivity contribution is 7.99. The number of nitrogens with zero attached hydrogens (tertiary/aromatic N) is 3. The van der Waals surface area contributed by atoms with Crippen LogP contribution in [0.3, 0.4) is 0 Å². The van der Waals surface area contributed by atoms with E-state index in [1.807, 2.05) is 49.4 Å². The van der Waals surface area contributed by atoms with Crippen LogP contribution in [0.1, 0.15) is 34.7 Å². The molecule has 0 aliphatic heterocycles. The maximum absolute atomic E-state index is 13.1. The van der Waals surface area contributed by atoms with Crippen molar-refractivity contribution in [2.45, 2.75) is 36.3 Å². The molecule has 0 radical (unpaired) electrons. The molecule has 0 N–H and O–H groups in total. The average molecular weight is 558 g/mol. The lowest BCUT2D eigenvalue weighted by molar-refractivity contribution is -0.148. The molecule has 11 heteroatoms. The van der Waals surface area contributed by atoms with Gasteiger partial charge in [0.15, 0.2) is 11.9 Å². The van der Waals surface area contributed by atoms with E-state index in [0.717, 1.165) is 32.8 Å². The van der Waals surface area contributed by atoms with Crippen molar-refractivity contribution in [1.29, 1.82) is 0 Å². The van der Waals surface area contributed by atoms with Crippen LogP contribution in [-0.2, 0) is 22.8 Å². The Morgan fingerprint density at radius 3 is 2.28 bits per heavy atom. The topological polar surface area (TPSA) is 75.3 Å². The summed E-state index contributed by atoms with van der Waals surface area (Å²) in [4.78, 5) is 25.7. The second-order valence-electron chi connectivity index (χ2n) is 8.78. The van der Waals surface area contributed by atoms with Crippen molar-refractivity contribution in [3.05, 3.63) is 106 Å². The Morgan fingerprint density at radius 1 is 1.03 bits per heavy atom. The number of hydrogen-bond acceptors (Lipinski definition) is 6. The molecule has 3 aromatic carbocycles. The van der Waals surface area contributed by atoms with Crippen LogP contribution in [-0.4, -0.2) is 33.5 Å². The zero-order valence-corrected chi connectivity index (χ0v) is 22.4. The average Bonchev–Trinajstić information content (AvgIpc) is 3.22. The SMILES string of the molecule is COC(=O)C(C)Oc1ccc(SC(c2ccccc2)c2nn(-c3ccc(C(F)(F)F)cc3)c(=O)n2C)cc1C. The molecule has 0 spiro atoms. The quantitative estimate of drug-likeness (QED) is 0.204. The van der Waals surface area contributed by atoms with Gasteiger partial charge in [0.25, 0.3) is 0 Å². The first-order valence-electron chi connectivity index (χ1n) is 11.9. The Bertz CT molecular complexity index is 1520. The molecule has 2 atom stereocenters. The highest BCUT2D eigenvalue weighted by atomic mass is 32.2.